The van der Waals surface area contributed by atoms with E-state index in [0.29, 0.717) is 4.75 Å². The van der Waals surface area contributed by atoms with Crippen molar-refractivity contribution in [2.45, 2.75) is 128 Å². The van der Waals surface area contributed by atoms with Crippen LogP contribution in [-0.2, 0) is 0 Å². The summed E-state index contributed by atoms with van der Waals surface area (Å²) < 4.78 is 0.317. The molecule has 0 saturated heterocycles. The molecule has 0 aromatic rings. The van der Waals surface area contributed by atoms with Crippen LogP contribution in [0.1, 0.15) is 124 Å². The van der Waals surface area contributed by atoms with Gasteiger partial charge >= 0.3 is 0 Å². The summed E-state index contributed by atoms with van der Waals surface area (Å²) in [6.45, 7) is 6.85. The van der Waals surface area contributed by atoms with Crippen molar-refractivity contribution >= 4 is 12.6 Å². The van der Waals surface area contributed by atoms with Gasteiger partial charge in [-0.1, -0.05) is 104 Å². The predicted molar refractivity (Wildman–Crippen MR) is 103 cm³/mol. The Morgan fingerprint density at radius 2 is 0.857 bits per heavy atom. The third kappa shape index (κ3) is 13.7. The first-order valence-electron chi connectivity index (χ1n) is 9.91. The average Bonchev–Trinajstić information content (AvgIpc) is 2.51. The monoisotopic (exact) mass is 314 g/mol. The summed E-state index contributed by atoms with van der Waals surface area (Å²) in [6.07, 6.45) is 22.5. The molecule has 0 fully saturated rings. The van der Waals surface area contributed by atoms with Crippen LogP contribution in [-0.4, -0.2) is 4.75 Å². The molecule has 1 heteroatoms. The molecule has 128 valence electrons. The lowest BCUT2D eigenvalue weighted by Crippen LogP contribution is -2.18. The van der Waals surface area contributed by atoms with Crippen molar-refractivity contribution in [1.29, 1.82) is 0 Å². The highest BCUT2D eigenvalue weighted by molar-refractivity contribution is 7.81. The Labute approximate surface area is 141 Å². The zero-order valence-electron chi connectivity index (χ0n) is 15.3. The Morgan fingerprint density at radius 1 is 0.524 bits per heavy atom. The lowest BCUT2D eigenvalue weighted by Gasteiger charge is -2.25. The normalized spacial score (nSPS) is 12.0. The fraction of sp³-hybridized carbons (Fsp3) is 1.00. The van der Waals surface area contributed by atoms with Gasteiger partial charge in [-0.2, -0.15) is 12.6 Å². The molecule has 0 aromatic heterocycles. The summed E-state index contributed by atoms with van der Waals surface area (Å²) in [5.74, 6) is 0. The number of unbranched alkanes of at least 4 members (excludes halogenated alkanes) is 12. The second kappa shape index (κ2) is 15.3. The maximum atomic E-state index is 4.83. The van der Waals surface area contributed by atoms with Crippen LogP contribution in [0.25, 0.3) is 0 Å². The number of thiol groups is 1. The molecule has 0 aliphatic carbocycles. The summed E-state index contributed by atoms with van der Waals surface area (Å²) in [5.41, 5.74) is 0. The van der Waals surface area contributed by atoms with Crippen molar-refractivity contribution in [2.24, 2.45) is 0 Å². The fourth-order valence-electron chi connectivity index (χ4n) is 3.08. The highest BCUT2D eigenvalue weighted by atomic mass is 32.1. The number of rotatable bonds is 16. The maximum Gasteiger partial charge on any atom is 0.0124 e. The molecule has 0 amide bonds. The quantitative estimate of drug-likeness (QED) is 0.217. The van der Waals surface area contributed by atoms with Gasteiger partial charge < -0.3 is 0 Å². The molecule has 0 heterocycles. The van der Waals surface area contributed by atoms with E-state index in [4.69, 9.17) is 12.6 Å². The van der Waals surface area contributed by atoms with Crippen LogP contribution >= 0.6 is 12.6 Å². The lowest BCUT2D eigenvalue weighted by atomic mass is 9.94. The highest BCUT2D eigenvalue weighted by Gasteiger charge is 2.19. The summed E-state index contributed by atoms with van der Waals surface area (Å²) >= 11 is 4.83. The SMILES string of the molecule is CCCCCCCCCCCCCCCC(S)(CC)CC. The van der Waals surface area contributed by atoms with Crippen molar-refractivity contribution in [3.63, 3.8) is 0 Å². The summed E-state index contributed by atoms with van der Waals surface area (Å²) in [4.78, 5) is 0. The molecule has 0 unspecified atom stereocenters. The molecule has 0 saturated carbocycles. The molecule has 0 spiro atoms. The first-order chi connectivity index (χ1) is 10.2. The molecular weight excluding hydrogens is 272 g/mol. The minimum absolute atomic E-state index is 0.317. The minimum Gasteiger partial charge on any atom is -0.173 e. The summed E-state index contributed by atoms with van der Waals surface area (Å²) in [5, 5.41) is 0. The van der Waals surface area contributed by atoms with Crippen LogP contribution in [0.5, 0.6) is 0 Å². The Kier molecular flexibility index (Phi) is 15.5. The Morgan fingerprint density at radius 3 is 1.19 bits per heavy atom. The van der Waals surface area contributed by atoms with Gasteiger partial charge in [0.25, 0.3) is 0 Å². The fourth-order valence-corrected chi connectivity index (χ4v) is 3.23. The topological polar surface area (TPSA) is 0 Å². The van der Waals surface area contributed by atoms with E-state index < -0.39 is 0 Å². The van der Waals surface area contributed by atoms with Gasteiger partial charge in [0, 0.05) is 4.75 Å². The average molecular weight is 315 g/mol. The van der Waals surface area contributed by atoms with E-state index in [1.807, 2.05) is 0 Å². The van der Waals surface area contributed by atoms with E-state index >= 15 is 0 Å². The van der Waals surface area contributed by atoms with Gasteiger partial charge in [0.05, 0.1) is 0 Å². The van der Waals surface area contributed by atoms with Crippen LogP contribution in [0, 0.1) is 0 Å². The standard InChI is InChI=1S/C20H42S/c1-4-7-8-9-10-11-12-13-14-15-16-17-18-19-20(21,5-2)6-3/h21H,4-19H2,1-3H3. The largest absolute Gasteiger partial charge is 0.173 e. The first kappa shape index (κ1) is 21.4. The van der Waals surface area contributed by atoms with Crippen molar-refractivity contribution in [3.05, 3.63) is 0 Å². The van der Waals surface area contributed by atoms with E-state index in [-0.39, 0.29) is 0 Å². The van der Waals surface area contributed by atoms with Gasteiger partial charge in [-0.05, 0) is 19.3 Å². The maximum absolute atomic E-state index is 4.83. The molecular formula is C20H42S. The second-order valence-electron chi connectivity index (χ2n) is 6.92. The predicted octanol–water partition coefficient (Wildman–Crippen LogP) is 7.96. The van der Waals surface area contributed by atoms with E-state index in [1.165, 1.54) is 103 Å². The van der Waals surface area contributed by atoms with Crippen LogP contribution in [0.15, 0.2) is 0 Å². The van der Waals surface area contributed by atoms with Gasteiger partial charge in [-0.3, -0.25) is 0 Å². The molecule has 0 bridgehead atoms. The first-order valence-corrected chi connectivity index (χ1v) is 10.4. The van der Waals surface area contributed by atoms with Crippen LogP contribution in [0.2, 0.25) is 0 Å². The zero-order chi connectivity index (χ0) is 15.8. The van der Waals surface area contributed by atoms with E-state index in [9.17, 15) is 0 Å². The van der Waals surface area contributed by atoms with Crippen LogP contribution < -0.4 is 0 Å². The third-order valence-corrected chi connectivity index (χ3v) is 5.92. The molecule has 0 aliphatic heterocycles. The zero-order valence-corrected chi connectivity index (χ0v) is 16.2. The van der Waals surface area contributed by atoms with Gasteiger partial charge in [0.15, 0.2) is 0 Å². The third-order valence-electron chi connectivity index (χ3n) is 5.06. The number of hydrogen-bond acceptors (Lipinski definition) is 1. The lowest BCUT2D eigenvalue weighted by molar-refractivity contribution is 0.469. The smallest absolute Gasteiger partial charge is 0.0124 e. The van der Waals surface area contributed by atoms with Crippen LogP contribution in [0.3, 0.4) is 0 Å². The molecule has 0 aromatic carbocycles. The summed E-state index contributed by atoms with van der Waals surface area (Å²) in [6, 6.07) is 0. The van der Waals surface area contributed by atoms with E-state index in [0.717, 1.165) is 0 Å². The molecule has 0 atom stereocenters. The van der Waals surface area contributed by atoms with Crippen molar-refractivity contribution in [2.75, 3.05) is 0 Å². The second-order valence-corrected chi connectivity index (χ2v) is 7.87. The Balaban J connectivity index is 3.16. The van der Waals surface area contributed by atoms with E-state index in [1.54, 1.807) is 0 Å². The molecule has 0 rings (SSSR count). The van der Waals surface area contributed by atoms with Gasteiger partial charge in [0.1, 0.15) is 0 Å². The van der Waals surface area contributed by atoms with Crippen molar-refractivity contribution < 1.29 is 0 Å². The van der Waals surface area contributed by atoms with Crippen molar-refractivity contribution in [3.8, 4) is 0 Å². The summed E-state index contributed by atoms with van der Waals surface area (Å²) in [7, 11) is 0. The Bertz CT molecular complexity index is 196. The van der Waals surface area contributed by atoms with Gasteiger partial charge in [-0.25, -0.2) is 0 Å². The molecule has 0 nitrogen and oxygen atoms in total. The van der Waals surface area contributed by atoms with Crippen molar-refractivity contribution in [1.82, 2.24) is 0 Å². The molecule has 0 radical (unpaired) electrons. The molecule has 21 heavy (non-hydrogen) atoms. The van der Waals surface area contributed by atoms with E-state index in [2.05, 4.69) is 20.8 Å². The van der Waals surface area contributed by atoms with Gasteiger partial charge in [0.2, 0.25) is 0 Å². The minimum atomic E-state index is 0.317. The molecule has 0 N–H and O–H groups in total. The Hall–Kier alpha value is 0.350. The van der Waals surface area contributed by atoms with Crippen LogP contribution in [0.4, 0.5) is 0 Å². The highest BCUT2D eigenvalue weighted by Crippen LogP contribution is 2.29. The number of hydrogen-bond donors (Lipinski definition) is 1. The molecule has 0 aliphatic rings. The van der Waals surface area contributed by atoms with Gasteiger partial charge in [-0.15, -0.1) is 0 Å².